The number of ketones is 1. The molecule has 3 rings (SSSR count). The largest absolute Gasteiger partial charge is 0.482 e. The van der Waals surface area contributed by atoms with Crippen molar-refractivity contribution in [2.45, 2.75) is 45.1 Å². The summed E-state index contributed by atoms with van der Waals surface area (Å²) in [4.78, 5) is 40.1. The summed E-state index contributed by atoms with van der Waals surface area (Å²) in [6.07, 6.45) is 3.74. The highest BCUT2D eigenvalue weighted by Gasteiger charge is 2.29. The highest BCUT2D eigenvalue weighted by molar-refractivity contribution is 6.01. The van der Waals surface area contributed by atoms with Gasteiger partial charge in [-0.25, -0.2) is 0 Å². The summed E-state index contributed by atoms with van der Waals surface area (Å²) in [6, 6.07) is 5.09. The number of Topliss-reactive ketones (excluding diaryl/α,β-unsaturated/α-hetero) is 1. The van der Waals surface area contributed by atoms with E-state index >= 15 is 0 Å². The molecule has 0 aromatic heterocycles. The second-order valence-electron chi connectivity index (χ2n) is 7.07. The van der Waals surface area contributed by atoms with Gasteiger partial charge in [0.1, 0.15) is 5.75 Å². The molecule has 1 unspecified atom stereocenters. The smallest absolute Gasteiger partial charge is 0.265 e. The Balaban J connectivity index is 1.72. The van der Waals surface area contributed by atoms with Gasteiger partial charge in [-0.1, -0.05) is 0 Å². The van der Waals surface area contributed by atoms with Crippen LogP contribution in [0.3, 0.4) is 0 Å². The van der Waals surface area contributed by atoms with E-state index in [9.17, 15) is 19.5 Å². The molecule has 146 valence electrons. The molecule has 0 radical (unpaired) electrons. The lowest BCUT2D eigenvalue weighted by molar-refractivity contribution is -0.135. The van der Waals surface area contributed by atoms with Crippen LogP contribution >= 0.6 is 0 Å². The second-order valence-corrected chi connectivity index (χ2v) is 7.07. The van der Waals surface area contributed by atoms with Gasteiger partial charge in [0.15, 0.2) is 12.4 Å². The number of carbonyl (C=O) groups excluding carboxylic acids is 3. The van der Waals surface area contributed by atoms with E-state index in [4.69, 9.17) is 4.74 Å². The van der Waals surface area contributed by atoms with Gasteiger partial charge in [-0.15, -0.1) is 0 Å². The topological polar surface area (TPSA) is 87.2 Å². The van der Waals surface area contributed by atoms with E-state index < -0.39 is 0 Å². The number of rotatable bonds is 6. The molecule has 2 amide bonds. The third kappa shape index (κ3) is 4.30. The molecular formula is C20H26N2O5. The van der Waals surface area contributed by atoms with Crippen molar-refractivity contribution in [3.8, 4) is 5.75 Å². The minimum absolute atomic E-state index is 0.00304. The van der Waals surface area contributed by atoms with Gasteiger partial charge in [-0.2, -0.15) is 0 Å². The van der Waals surface area contributed by atoms with Crippen LogP contribution in [0.2, 0.25) is 0 Å². The molecule has 1 atom stereocenters. The van der Waals surface area contributed by atoms with Crippen molar-refractivity contribution < 1.29 is 24.2 Å². The molecule has 1 saturated heterocycles. The molecule has 0 aliphatic carbocycles. The highest BCUT2D eigenvalue weighted by Crippen LogP contribution is 2.33. The fraction of sp³-hybridized carbons (Fsp3) is 0.550. The summed E-state index contributed by atoms with van der Waals surface area (Å²) in [5.74, 6) is 0.230. The average molecular weight is 374 g/mol. The van der Waals surface area contributed by atoms with Crippen LogP contribution in [0.5, 0.6) is 5.75 Å². The number of hydrogen-bond donors (Lipinski definition) is 1. The molecule has 7 nitrogen and oxygen atoms in total. The number of piperidine rings is 1. The van der Waals surface area contributed by atoms with Gasteiger partial charge in [0.05, 0.1) is 5.69 Å². The number of amides is 2. The van der Waals surface area contributed by atoms with Gasteiger partial charge in [0.25, 0.3) is 5.91 Å². The Kier molecular flexibility index (Phi) is 6.11. The molecule has 2 heterocycles. The highest BCUT2D eigenvalue weighted by atomic mass is 16.5. The number of nitrogens with zero attached hydrogens (tertiary/aromatic N) is 2. The van der Waals surface area contributed by atoms with Crippen molar-refractivity contribution in [2.75, 3.05) is 31.2 Å². The fourth-order valence-corrected chi connectivity index (χ4v) is 3.80. The Morgan fingerprint density at radius 1 is 1.30 bits per heavy atom. The first kappa shape index (κ1) is 19.4. The quantitative estimate of drug-likeness (QED) is 0.767. The summed E-state index contributed by atoms with van der Waals surface area (Å²) in [5.41, 5.74) is 1.04. The monoisotopic (exact) mass is 374 g/mol. The van der Waals surface area contributed by atoms with Gasteiger partial charge >= 0.3 is 0 Å². The maximum absolute atomic E-state index is 12.7. The fourth-order valence-electron chi connectivity index (χ4n) is 3.80. The zero-order valence-electron chi connectivity index (χ0n) is 15.6. The van der Waals surface area contributed by atoms with Gasteiger partial charge in [0.2, 0.25) is 5.91 Å². The number of anilines is 1. The Hall–Kier alpha value is -2.41. The minimum Gasteiger partial charge on any atom is -0.482 e. The number of aliphatic hydroxyl groups is 1. The molecular weight excluding hydrogens is 348 g/mol. The number of carbonyl (C=O) groups is 3. The molecule has 1 fully saturated rings. The Morgan fingerprint density at radius 2 is 2.11 bits per heavy atom. The molecule has 7 heteroatoms. The number of likely N-dealkylation sites (tertiary alicyclic amines) is 1. The SMILES string of the molecule is CC(=O)c1ccc2c(c1)N(CCC(=O)N1CCCCC1CCO)C(=O)CO2. The first-order valence-corrected chi connectivity index (χ1v) is 9.49. The van der Waals surface area contributed by atoms with Crippen LogP contribution in [-0.2, 0) is 9.59 Å². The molecule has 1 aromatic rings. The first-order chi connectivity index (χ1) is 13.0. The molecule has 0 saturated carbocycles. The van der Waals surface area contributed by atoms with Crippen LogP contribution in [0.4, 0.5) is 5.69 Å². The number of ether oxygens (including phenoxy) is 1. The zero-order valence-corrected chi connectivity index (χ0v) is 15.6. The second kappa shape index (κ2) is 8.52. The maximum Gasteiger partial charge on any atom is 0.265 e. The third-order valence-electron chi connectivity index (χ3n) is 5.27. The van der Waals surface area contributed by atoms with E-state index in [1.165, 1.54) is 11.8 Å². The van der Waals surface area contributed by atoms with Crippen LogP contribution in [0.25, 0.3) is 0 Å². The number of hydrogen-bond acceptors (Lipinski definition) is 5. The van der Waals surface area contributed by atoms with Gasteiger partial charge < -0.3 is 19.6 Å². The standard InChI is InChI=1S/C20H26N2O5/c1-14(24)15-5-6-18-17(12-15)22(20(26)13-27-18)10-7-19(25)21-9-3-2-4-16(21)8-11-23/h5-6,12,16,23H,2-4,7-11,13H2,1H3. The van der Waals surface area contributed by atoms with Crippen LogP contribution in [0.1, 0.15) is 49.4 Å². The average Bonchev–Trinajstić information content (AvgIpc) is 2.67. The lowest BCUT2D eigenvalue weighted by atomic mass is 9.99. The number of fused-ring (bicyclic) bond motifs is 1. The van der Waals surface area contributed by atoms with Gasteiger partial charge in [-0.3, -0.25) is 14.4 Å². The molecule has 1 aromatic carbocycles. The van der Waals surface area contributed by atoms with Crippen molar-refractivity contribution in [1.82, 2.24) is 4.90 Å². The van der Waals surface area contributed by atoms with Crippen molar-refractivity contribution >= 4 is 23.3 Å². The van der Waals surface area contributed by atoms with Crippen molar-refractivity contribution in [1.29, 1.82) is 0 Å². The van der Waals surface area contributed by atoms with Crippen molar-refractivity contribution in [2.24, 2.45) is 0 Å². The predicted octanol–water partition coefficient (Wildman–Crippen LogP) is 1.77. The Bertz CT molecular complexity index is 731. The molecule has 2 aliphatic heterocycles. The minimum atomic E-state index is -0.221. The summed E-state index contributed by atoms with van der Waals surface area (Å²) in [6.45, 7) is 2.41. The van der Waals surface area contributed by atoms with Crippen molar-refractivity contribution in [3.05, 3.63) is 23.8 Å². The summed E-state index contributed by atoms with van der Waals surface area (Å²) < 4.78 is 5.45. The Labute approximate surface area is 158 Å². The van der Waals surface area contributed by atoms with E-state index in [1.807, 2.05) is 4.90 Å². The summed E-state index contributed by atoms with van der Waals surface area (Å²) >= 11 is 0. The van der Waals surface area contributed by atoms with Crippen LogP contribution < -0.4 is 9.64 Å². The third-order valence-corrected chi connectivity index (χ3v) is 5.27. The molecule has 27 heavy (non-hydrogen) atoms. The van der Waals surface area contributed by atoms with Gasteiger partial charge in [0, 0.05) is 37.7 Å². The normalized spacial score (nSPS) is 19.5. The lowest BCUT2D eigenvalue weighted by Gasteiger charge is -2.36. The molecule has 0 bridgehead atoms. The molecule has 0 spiro atoms. The lowest BCUT2D eigenvalue weighted by Crippen LogP contribution is -2.46. The van der Waals surface area contributed by atoms with Gasteiger partial charge in [-0.05, 0) is 50.8 Å². The number of benzene rings is 1. The van der Waals surface area contributed by atoms with Crippen LogP contribution in [-0.4, -0.2) is 59.9 Å². The molecule has 2 aliphatic rings. The van der Waals surface area contributed by atoms with Crippen molar-refractivity contribution in [3.63, 3.8) is 0 Å². The maximum atomic E-state index is 12.7. The Morgan fingerprint density at radius 3 is 2.85 bits per heavy atom. The van der Waals surface area contributed by atoms with Crippen LogP contribution in [0, 0.1) is 0 Å². The summed E-state index contributed by atoms with van der Waals surface area (Å²) in [7, 11) is 0. The summed E-state index contributed by atoms with van der Waals surface area (Å²) in [5, 5.41) is 9.23. The predicted molar refractivity (Wildman–Crippen MR) is 100.0 cm³/mol. The van der Waals surface area contributed by atoms with Crippen LogP contribution in [0.15, 0.2) is 18.2 Å². The van der Waals surface area contributed by atoms with E-state index in [0.717, 1.165) is 19.3 Å². The van der Waals surface area contributed by atoms with E-state index in [1.54, 1.807) is 18.2 Å². The molecule has 1 N–H and O–H groups in total. The first-order valence-electron chi connectivity index (χ1n) is 9.49. The van der Waals surface area contributed by atoms with E-state index in [0.29, 0.717) is 30.0 Å². The zero-order chi connectivity index (χ0) is 19.4. The van der Waals surface area contributed by atoms with E-state index in [2.05, 4.69) is 0 Å². The van der Waals surface area contributed by atoms with E-state index in [-0.39, 0.29) is 49.8 Å². The number of aliphatic hydroxyl groups excluding tert-OH is 1.